The molecule has 4 atom stereocenters. The molecule has 0 bridgehead atoms. The van der Waals surface area contributed by atoms with Crippen molar-refractivity contribution in [2.24, 2.45) is 0 Å². The molecule has 1 fully saturated rings. The Labute approximate surface area is 157 Å². The Morgan fingerprint density at radius 3 is 2.40 bits per heavy atom. The molecular weight excluding hydrogens is 375 g/mol. The fraction of sp³-hybridized carbons (Fsp3) is 0.455. The second kappa shape index (κ2) is 9.54. The Kier molecular flexibility index (Phi) is 7.12. The van der Waals surface area contributed by atoms with E-state index in [-0.39, 0.29) is 18.3 Å². The number of ether oxygens (including phenoxy) is 1. The topological polar surface area (TPSA) is 29.5 Å². The molecule has 2 aromatic carbocycles. The van der Waals surface area contributed by atoms with Crippen LogP contribution < -0.4 is 4.46 Å². The van der Waals surface area contributed by atoms with E-state index in [1.54, 1.807) is 0 Å². The van der Waals surface area contributed by atoms with E-state index in [0.29, 0.717) is 26.2 Å². The van der Waals surface area contributed by atoms with E-state index in [9.17, 15) is 5.11 Å². The van der Waals surface area contributed by atoms with Crippen molar-refractivity contribution in [2.45, 2.75) is 62.2 Å². The van der Waals surface area contributed by atoms with E-state index < -0.39 is 0 Å². The van der Waals surface area contributed by atoms with Gasteiger partial charge in [-0.1, -0.05) is 0 Å². The van der Waals surface area contributed by atoms with Gasteiger partial charge in [0.1, 0.15) is 0 Å². The van der Waals surface area contributed by atoms with Crippen LogP contribution in [0.2, 0.25) is 4.82 Å². The van der Waals surface area contributed by atoms with E-state index >= 15 is 0 Å². The van der Waals surface area contributed by atoms with Crippen LogP contribution in [0.25, 0.3) is 0 Å². The van der Waals surface area contributed by atoms with Crippen molar-refractivity contribution in [2.75, 3.05) is 0 Å². The quantitative estimate of drug-likeness (QED) is 0.700. The Balaban J connectivity index is 1.74. The van der Waals surface area contributed by atoms with Gasteiger partial charge in [0.05, 0.1) is 0 Å². The monoisotopic (exact) mass is 404 g/mol. The molecule has 2 nitrogen and oxygen atoms in total. The average Bonchev–Trinajstić information content (AvgIpc) is 2.66. The molecule has 0 aliphatic carbocycles. The van der Waals surface area contributed by atoms with Gasteiger partial charge in [-0.25, -0.2) is 0 Å². The first-order chi connectivity index (χ1) is 12.3. The molecule has 134 valence electrons. The molecule has 1 heterocycles. The third-order valence-corrected chi connectivity index (χ3v) is 7.70. The van der Waals surface area contributed by atoms with Crippen molar-refractivity contribution in [3.8, 4) is 0 Å². The Hall–Kier alpha value is -1.12. The summed E-state index contributed by atoms with van der Waals surface area (Å²) in [7, 11) is 0. The summed E-state index contributed by atoms with van der Waals surface area (Å²) in [6.45, 7) is 2.25. The van der Waals surface area contributed by atoms with Crippen molar-refractivity contribution in [1.82, 2.24) is 0 Å². The van der Waals surface area contributed by atoms with Gasteiger partial charge in [-0.2, -0.15) is 0 Å². The second-order valence-corrected chi connectivity index (χ2v) is 9.56. The molecule has 25 heavy (non-hydrogen) atoms. The molecule has 1 aliphatic heterocycles. The summed E-state index contributed by atoms with van der Waals surface area (Å²) in [6.07, 6.45) is 5.01. The van der Waals surface area contributed by atoms with Crippen molar-refractivity contribution < 1.29 is 9.84 Å². The molecule has 0 unspecified atom stereocenters. The van der Waals surface area contributed by atoms with E-state index in [1.807, 2.05) is 6.07 Å². The molecular formula is C22H28O2Se. The standard InChI is InChI=1S/C22H28O2Se/c1-2-3-14-22(25-19-12-8-5-9-13-19)21-16-18(23)15-20(24-21)17-10-6-4-7-11-17/h4-13,18,20-23H,2-3,14-16H2,1H3/t18-,20+,21-,22-/m1/s1. The summed E-state index contributed by atoms with van der Waals surface area (Å²) in [6, 6.07) is 21.1. The summed E-state index contributed by atoms with van der Waals surface area (Å²) in [4.78, 5) is 0.524. The first-order valence-corrected chi connectivity index (χ1v) is 11.2. The minimum atomic E-state index is -0.264. The van der Waals surface area contributed by atoms with Crippen LogP contribution in [0.3, 0.4) is 0 Å². The zero-order valence-corrected chi connectivity index (χ0v) is 16.6. The van der Waals surface area contributed by atoms with Crippen LogP contribution in [0.1, 0.15) is 50.7 Å². The third-order valence-electron chi connectivity index (χ3n) is 4.79. The molecule has 0 amide bonds. The summed E-state index contributed by atoms with van der Waals surface area (Å²) in [5.41, 5.74) is 1.19. The number of aliphatic hydroxyl groups is 1. The normalized spacial score (nSPS) is 24.8. The molecule has 2 aromatic rings. The number of aliphatic hydroxyl groups excluding tert-OH is 1. The van der Waals surface area contributed by atoms with Gasteiger partial charge in [0.25, 0.3) is 0 Å². The second-order valence-electron chi connectivity index (χ2n) is 6.81. The number of hydrogen-bond donors (Lipinski definition) is 1. The van der Waals surface area contributed by atoms with Gasteiger partial charge >= 0.3 is 158 Å². The van der Waals surface area contributed by atoms with Crippen LogP contribution in [0.5, 0.6) is 0 Å². The molecule has 1 N–H and O–H groups in total. The Bertz CT molecular complexity index is 616. The summed E-state index contributed by atoms with van der Waals surface area (Å²) in [5, 5.41) is 10.5. The maximum atomic E-state index is 10.5. The summed E-state index contributed by atoms with van der Waals surface area (Å²) >= 11 is 0.374. The minimum absolute atomic E-state index is 0.0191. The molecule has 1 saturated heterocycles. The molecule has 3 rings (SSSR count). The van der Waals surface area contributed by atoms with E-state index in [0.717, 1.165) is 6.42 Å². The molecule has 0 aromatic heterocycles. The van der Waals surface area contributed by atoms with Gasteiger partial charge < -0.3 is 0 Å². The van der Waals surface area contributed by atoms with E-state index in [1.165, 1.54) is 29.3 Å². The Morgan fingerprint density at radius 1 is 1.04 bits per heavy atom. The van der Waals surface area contributed by atoms with Crippen LogP contribution in [0.15, 0.2) is 60.7 Å². The van der Waals surface area contributed by atoms with Crippen molar-refractivity contribution >= 4 is 19.4 Å². The molecule has 1 aliphatic rings. The zero-order valence-electron chi connectivity index (χ0n) is 14.9. The van der Waals surface area contributed by atoms with Crippen LogP contribution in [0.4, 0.5) is 0 Å². The van der Waals surface area contributed by atoms with Gasteiger partial charge in [0.15, 0.2) is 0 Å². The van der Waals surface area contributed by atoms with Gasteiger partial charge in [-0.15, -0.1) is 0 Å². The SMILES string of the molecule is CCCC[C@@H]([Se]c1ccccc1)[C@H]1C[C@H](O)C[C@@H](c2ccccc2)O1. The van der Waals surface area contributed by atoms with Crippen LogP contribution in [0, 0.1) is 0 Å². The first-order valence-electron chi connectivity index (χ1n) is 9.36. The number of benzene rings is 2. The predicted octanol–water partition coefficient (Wildman–Crippen LogP) is 4.28. The summed E-state index contributed by atoms with van der Waals surface area (Å²) in [5.74, 6) is 0. The van der Waals surface area contributed by atoms with Crippen molar-refractivity contribution in [3.05, 3.63) is 66.2 Å². The van der Waals surface area contributed by atoms with Gasteiger partial charge in [0, 0.05) is 0 Å². The maximum absolute atomic E-state index is 10.5. The molecule has 0 spiro atoms. The average molecular weight is 403 g/mol. The van der Waals surface area contributed by atoms with Crippen molar-refractivity contribution in [3.63, 3.8) is 0 Å². The van der Waals surface area contributed by atoms with Gasteiger partial charge in [-0.05, 0) is 0 Å². The Morgan fingerprint density at radius 2 is 1.72 bits per heavy atom. The number of unbranched alkanes of at least 4 members (excludes halogenated alkanes) is 1. The van der Waals surface area contributed by atoms with Crippen LogP contribution >= 0.6 is 0 Å². The van der Waals surface area contributed by atoms with E-state index in [4.69, 9.17) is 4.74 Å². The van der Waals surface area contributed by atoms with Crippen LogP contribution in [-0.2, 0) is 4.74 Å². The van der Waals surface area contributed by atoms with E-state index in [2.05, 4.69) is 61.5 Å². The molecule has 0 saturated carbocycles. The molecule has 3 heteroatoms. The number of rotatable bonds is 7. The van der Waals surface area contributed by atoms with Gasteiger partial charge in [-0.3, -0.25) is 0 Å². The van der Waals surface area contributed by atoms with Gasteiger partial charge in [0.2, 0.25) is 0 Å². The first kappa shape index (κ1) is 18.7. The fourth-order valence-electron chi connectivity index (χ4n) is 3.46. The molecule has 0 radical (unpaired) electrons. The third kappa shape index (κ3) is 5.42. The zero-order chi connectivity index (χ0) is 17.5. The predicted molar refractivity (Wildman–Crippen MR) is 104 cm³/mol. The van der Waals surface area contributed by atoms with Crippen LogP contribution in [-0.4, -0.2) is 32.3 Å². The fourth-order valence-corrected chi connectivity index (χ4v) is 6.13. The van der Waals surface area contributed by atoms with Crippen molar-refractivity contribution in [1.29, 1.82) is 0 Å². The summed E-state index contributed by atoms with van der Waals surface area (Å²) < 4.78 is 7.96. The number of hydrogen-bond acceptors (Lipinski definition) is 2.